The predicted molar refractivity (Wildman–Crippen MR) is 128 cm³/mol. The number of aryl methyl sites for hydroxylation is 1. The number of nitro groups is 1. The molecule has 3 aromatic carbocycles. The highest BCUT2D eigenvalue weighted by Crippen LogP contribution is 2.34. The number of anilines is 1. The first-order valence-corrected chi connectivity index (χ1v) is 12.2. The second kappa shape index (κ2) is 8.95. The van der Waals surface area contributed by atoms with Crippen LogP contribution in [0.15, 0.2) is 76.3 Å². The molecule has 0 aliphatic carbocycles. The first-order valence-electron chi connectivity index (χ1n) is 10.7. The van der Waals surface area contributed by atoms with Crippen LogP contribution in [0.25, 0.3) is 28.0 Å². The van der Waals surface area contributed by atoms with Gasteiger partial charge in [0, 0.05) is 11.6 Å². The molecule has 5 rings (SSSR count). The van der Waals surface area contributed by atoms with E-state index in [0.717, 1.165) is 28.4 Å². The van der Waals surface area contributed by atoms with Crippen LogP contribution in [0.5, 0.6) is 0 Å². The van der Waals surface area contributed by atoms with E-state index < -0.39 is 32.5 Å². The monoisotopic (exact) mass is 544 g/mol. The van der Waals surface area contributed by atoms with Gasteiger partial charge in [-0.2, -0.15) is 18.3 Å². The molecule has 2 aromatic heterocycles. The van der Waals surface area contributed by atoms with E-state index in [1.165, 1.54) is 24.3 Å². The molecular weight excluding hydrogens is 529 g/mol. The fraction of sp³-hybridized carbons (Fsp3) is 0.0870. The maximum atomic E-state index is 13.4. The number of nitrogens with one attached hydrogen (secondary N) is 1. The van der Waals surface area contributed by atoms with Gasteiger partial charge in [0.25, 0.3) is 10.0 Å². The first kappa shape index (κ1) is 24.9. The number of hydrogen-bond donors (Lipinski definition) is 1. The molecule has 0 fully saturated rings. The maximum Gasteiger partial charge on any atom is 0.435 e. The van der Waals surface area contributed by atoms with Crippen molar-refractivity contribution in [2.24, 2.45) is 0 Å². The van der Waals surface area contributed by atoms with Gasteiger partial charge in [-0.05, 0) is 53.6 Å². The van der Waals surface area contributed by atoms with Crippen molar-refractivity contribution in [3.05, 3.63) is 88.1 Å². The number of alkyl halides is 3. The maximum absolute atomic E-state index is 13.4. The Morgan fingerprint density at radius 1 is 0.974 bits per heavy atom. The number of fused-ring (bicyclic) bond motifs is 1. The van der Waals surface area contributed by atoms with Crippen molar-refractivity contribution in [2.75, 3.05) is 4.72 Å². The van der Waals surface area contributed by atoms with Crippen molar-refractivity contribution in [3.8, 4) is 16.9 Å². The Labute approximate surface area is 211 Å². The third-order valence-electron chi connectivity index (χ3n) is 5.57. The minimum absolute atomic E-state index is 0.112. The summed E-state index contributed by atoms with van der Waals surface area (Å²) in [6.07, 6.45) is -4.69. The largest absolute Gasteiger partial charge is 0.435 e. The van der Waals surface area contributed by atoms with E-state index in [1.807, 2.05) is 6.92 Å². The predicted octanol–water partition coefficient (Wildman–Crippen LogP) is 5.11. The van der Waals surface area contributed by atoms with Crippen LogP contribution in [-0.2, 0) is 16.2 Å². The number of benzene rings is 3. The van der Waals surface area contributed by atoms with Crippen molar-refractivity contribution in [1.29, 1.82) is 0 Å². The van der Waals surface area contributed by atoms with Gasteiger partial charge in [-0.1, -0.05) is 29.8 Å². The molecule has 0 saturated carbocycles. The molecule has 15 heteroatoms. The molecule has 0 aliphatic heterocycles. The lowest BCUT2D eigenvalue weighted by Gasteiger charge is -2.11. The number of rotatable bonds is 6. The van der Waals surface area contributed by atoms with Crippen molar-refractivity contribution >= 4 is 32.4 Å². The van der Waals surface area contributed by atoms with E-state index in [0.29, 0.717) is 5.56 Å². The number of hydrogen-bond acceptors (Lipinski definition) is 8. The number of sulfonamides is 1. The molecule has 0 atom stereocenters. The lowest BCUT2D eigenvalue weighted by Crippen LogP contribution is -2.13. The van der Waals surface area contributed by atoms with Gasteiger partial charge in [-0.25, -0.2) is 17.7 Å². The molecule has 2 heterocycles. The third-order valence-corrected chi connectivity index (χ3v) is 6.96. The highest BCUT2D eigenvalue weighted by Gasteiger charge is 2.35. The summed E-state index contributed by atoms with van der Waals surface area (Å²) in [4.78, 5) is 10.2. The summed E-state index contributed by atoms with van der Waals surface area (Å²) in [5, 5.41) is 21.9. The van der Waals surface area contributed by atoms with E-state index >= 15 is 0 Å². The molecular formula is C23H15F3N6O5S. The van der Waals surface area contributed by atoms with Gasteiger partial charge in [0.05, 0.1) is 26.9 Å². The lowest BCUT2D eigenvalue weighted by atomic mass is 10.1. The van der Waals surface area contributed by atoms with Crippen molar-refractivity contribution in [3.63, 3.8) is 0 Å². The number of nitro benzene ring substituents is 1. The minimum atomic E-state index is -4.69. The summed E-state index contributed by atoms with van der Waals surface area (Å²) < 4.78 is 74.2. The smallest absolute Gasteiger partial charge is 0.277 e. The Hall–Kier alpha value is -4.79. The second-order valence-electron chi connectivity index (χ2n) is 8.14. The Balaban J connectivity index is 1.50. The zero-order valence-corrected chi connectivity index (χ0v) is 20.0. The van der Waals surface area contributed by atoms with Gasteiger partial charge in [0.15, 0.2) is 11.2 Å². The van der Waals surface area contributed by atoms with Crippen LogP contribution in [-0.4, -0.2) is 33.4 Å². The average Bonchev–Trinajstić information content (AvgIpc) is 3.53. The van der Waals surface area contributed by atoms with E-state index in [1.54, 1.807) is 24.3 Å². The van der Waals surface area contributed by atoms with Gasteiger partial charge in [0.1, 0.15) is 0 Å². The fourth-order valence-corrected chi connectivity index (χ4v) is 4.77. The zero-order chi connectivity index (χ0) is 27.2. The third kappa shape index (κ3) is 4.54. The summed E-state index contributed by atoms with van der Waals surface area (Å²) in [5.41, 5.74) is -0.285. The number of aromatic nitrogens is 4. The summed E-state index contributed by atoms with van der Waals surface area (Å²) in [5.74, 6) is 0. The van der Waals surface area contributed by atoms with Gasteiger partial charge >= 0.3 is 11.9 Å². The highest BCUT2D eigenvalue weighted by atomic mass is 32.2. The lowest BCUT2D eigenvalue weighted by molar-refractivity contribution is -0.383. The number of halogens is 3. The Kier molecular flexibility index (Phi) is 5.86. The quantitative estimate of drug-likeness (QED) is 0.229. The Morgan fingerprint density at radius 2 is 1.63 bits per heavy atom. The summed E-state index contributed by atoms with van der Waals surface area (Å²) in [7, 11) is -4.24. The van der Waals surface area contributed by atoms with Crippen LogP contribution in [0.2, 0.25) is 0 Å². The van der Waals surface area contributed by atoms with Crippen LogP contribution >= 0.6 is 0 Å². The van der Waals surface area contributed by atoms with Crippen LogP contribution in [0, 0.1) is 17.0 Å². The summed E-state index contributed by atoms with van der Waals surface area (Å²) in [6, 6.07) is 14.9. The number of non-ortho nitro benzene ring substituents is 1. The molecule has 1 N–H and O–H groups in total. The fourth-order valence-electron chi connectivity index (χ4n) is 3.70. The van der Waals surface area contributed by atoms with Gasteiger partial charge in [0.2, 0.25) is 5.52 Å². The van der Waals surface area contributed by atoms with Crippen molar-refractivity contribution in [1.82, 2.24) is 20.1 Å². The van der Waals surface area contributed by atoms with E-state index in [2.05, 4.69) is 24.8 Å². The molecule has 0 unspecified atom stereocenters. The van der Waals surface area contributed by atoms with E-state index in [9.17, 15) is 31.7 Å². The molecule has 5 aromatic rings. The SMILES string of the molecule is Cc1ccc(-c2cc(C(F)(F)F)nn2-c2ccc(S(=O)(=O)Nc3ccc([N+](=O)[O-])c4nonc34)cc2)cc1. The van der Waals surface area contributed by atoms with Crippen LogP contribution < -0.4 is 4.72 Å². The Morgan fingerprint density at radius 3 is 2.26 bits per heavy atom. The van der Waals surface area contributed by atoms with Gasteiger partial charge < -0.3 is 0 Å². The molecule has 0 saturated heterocycles. The summed E-state index contributed by atoms with van der Waals surface area (Å²) >= 11 is 0. The van der Waals surface area contributed by atoms with E-state index in [-0.39, 0.29) is 33.0 Å². The summed E-state index contributed by atoms with van der Waals surface area (Å²) in [6.45, 7) is 1.84. The van der Waals surface area contributed by atoms with Gasteiger partial charge in [-0.3, -0.25) is 14.8 Å². The van der Waals surface area contributed by atoms with Crippen molar-refractivity contribution < 1.29 is 31.1 Å². The van der Waals surface area contributed by atoms with Crippen LogP contribution in [0.3, 0.4) is 0 Å². The molecule has 0 bridgehead atoms. The number of nitrogens with zero attached hydrogens (tertiary/aromatic N) is 5. The molecule has 0 radical (unpaired) electrons. The zero-order valence-electron chi connectivity index (χ0n) is 19.2. The standard InChI is InChI=1S/C23H15F3N6O5S/c1-13-2-4-14(5-3-13)19-12-20(23(24,25)26)27-31(19)15-6-8-16(9-7-15)38(35,36)30-17-10-11-18(32(33)34)22-21(17)28-37-29-22/h2-12,30H,1H3. The molecule has 0 amide bonds. The Bertz CT molecular complexity index is 1780. The molecule has 0 spiro atoms. The molecule has 194 valence electrons. The van der Waals surface area contributed by atoms with Crippen molar-refractivity contribution in [2.45, 2.75) is 18.0 Å². The van der Waals surface area contributed by atoms with Crippen LogP contribution in [0.4, 0.5) is 24.5 Å². The van der Waals surface area contributed by atoms with Crippen LogP contribution in [0.1, 0.15) is 11.3 Å². The topological polar surface area (TPSA) is 146 Å². The van der Waals surface area contributed by atoms with Gasteiger partial charge in [-0.15, -0.1) is 0 Å². The normalized spacial score (nSPS) is 12.1. The first-order chi connectivity index (χ1) is 17.9. The second-order valence-corrected chi connectivity index (χ2v) is 9.82. The molecule has 11 nitrogen and oxygen atoms in total. The average molecular weight is 544 g/mol. The minimum Gasteiger partial charge on any atom is -0.277 e. The van der Waals surface area contributed by atoms with E-state index in [4.69, 9.17) is 0 Å². The molecule has 0 aliphatic rings. The molecule has 38 heavy (non-hydrogen) atoms. The highest BCUT2D eigenvalue weighted by molar-refractivity contribution is 7.92.